The molecule has 0 aliphatic rings. The Balaban J connectivity index is 2.65. The molecule has 2 nitrogen and oxygen atoms in total. The van der Waals surface area contributed by atoms with Gasteiger partial charge in [0, 0.05) is 18.8 Å². The van der Waals surface area contributed by atoms with E-state index in [-0.39, 0.29) is 0 Å². The fourth-order valence-electron chi connectivity index (χ4n) is 0.697. The quantitative estimate of drug-likeness (QED) is 0.511. The van der Waals surface area contributed by atoms with Crippen molar-refractivity contribution in [3.05, 3.63) is 18.0 Å². The molecule has 1 aromatic rings. The number of nitrogens with zero attached hydrogens (tertiary/aromatic N) is 2. The molecule has 0 aliphatic carbocycles. The summed E-state index contributed by atoms with van der Waals surface area (Å²) in [5.74, 6) is 6.03. The monoisotopic (exact) mass is 212 g/mol. The van der Waals surface area contributed by atoms with Crippen molar-refractivity contribution in [3.63, 3.8) is 0 Å². The predicted octanol–water partition coefficient (Wildman–Crippen LogP) is 1.56. The van der Waals surface area contributed by atoms with Crippen molar-refractivity contribution in [1.29, 1.82) is 0 Å². The highest BCUT2D eigenvalue weighted by Crippen LogP contribution is 1.93. The van der Waals surface area contributed by atoms with Crippen LogP contribution in [0, 0.1) is 11.8 Å². The molecule has 0 N–H and O–H groups in total. The van der Waals surface area contributed by atoms with E-state index in [0.29, 0.717) is 0 Å². The summed E-state index contributed by atoms with van der Waals surface area (Å²) >= 11 is 3.31. The fourth-order valence-corrected chi connectivity index (χ4v) is 0.895. The van der Waals surface area contributed by atoms with E-state index in [1.807, 2.05) is 13.1 Å². The largest absolute Gasteiger partial charge is 0.260 e. The number of alkyl halides is 1. The summed E-state index contributed by atoms with van der Waals surface area (Å²) in [4.78, 5) is 0. The minimum atomic E-state index is 0.880. The predicted molar refractivity (Wildman–Crippen MR) is 48.5 cm³/mol. The van der Waals surface area contributed by atoms with Crippen LogP contribution in [0.2, 0.25) is 0 Å². The van der Waals surface area contributed by atoms with Crippen LogP contribution in [-0.4, -0.2) is 15.1 Å². The zero-order chi connectivity index (χ0) is 8.10. The lowest BCUT2D eigenvalue weighted by Crippen LogP contribution is -1.92. The Hall–Kier alpha value is -0.750. The number of hydrogen-bond donors (Lipinski definition) is 0. The van der Waals surface area contributed by atoms with Gasteiger partial charge in [-0.1, -0.05) is 21.9 Å². The van der Waals surface area contributed by atoms with Crippen molar-refractivity contribution in [2.45, 2.75) is 6.42 Å². The van der Waals surface area contributed by atoms with Crippen molar-refractivity contribution in [3.8, 4) is 11.8 Å². The van der Waals surface area contributed by atoms with Crippen LogP contribution in [0.25, 0.3) is 0 Å². The average molecular weight is 213 g/mol. The van der Waals surface area contributed by atoms with Crippen molar-refractivity contribution in [1.82, 2.24) is 9.78 Å². The van der Waals surface area contributed by atoms with Crippen LogP contribution in [-0.2, 0) is 7.05 Å². The van der Waals surface area contributed by atoms with E-state index in [9.17, 15) is 0 Å². The van der Waals surface area contributed by atoms with Crippen molar-refractivity contribution in [2.75, 3.05) is 5.33 Å². The molecule has 58 valence electrons. The first-order chi connectivity index (χ1) is 5.34. The van der Waals surface area contributed by atoms with Crippen LogP contribution in [0.15, 0.2) is 12.3 Å². The van der Waals surface area contributed by atoms with Crippen LogP contribution >= 0.6 is 15.9 Å². The van der Waals surface area contributed by atoms with Crippen LogP contribution in [0.5, 0.6) is 0 Å². The standard InChI is InChI=1S/C8H9BrN2/c1-11-8(5-7-10-11)4-2-3-6-9/h5,7H,3,6H2,1H3. The summed E-state index contributed by atoms with van der Waals surface area (Å²) in [6, 6.07) is 1.90. The van der Waals surface area contributed by atoms with E-state index in [1.54, 1.807) is 10.9 Å². The number of aromatic nitrogens is 2. The number of aryl methyl sites for hydroxylation is 1. The van der Waals surface area contributed by atoms with Gasteiger partial charge in [0.25, 0.3) is 0 Å². The Morgan fingerprint density at radius 3 is 3.09 bits per heavy atom. The van der Waals surface area contributed by atoms with Crippen LogP contribution < -0.4 is 0 Å². The summed E-state index contributed by atoms with van der Waals surface area (Å²) < 4.78 is 1.77. The molecule has 0 aromatic carbocycles. The molecule has 0 amide bonds. The zero-order valence-corrected chi connectivity index (χ0v) is 7.93. The molecule has 0 spiro atoms. The highest BCUT2D eigenvalue weighted by molar-refractivity contribution is 9.09. The molecule has 0 fully saturated rings. The molecule has 1 rings (SSSR count). The topological polar surface area (TPSA) is 17.8 Å². The third kappa shape index (κ3) is 2.39. The second-order valence-corrected chi connectivity index (χ2v) is 2.87. The number of halogens is 1. The molecule has 0 aliphatic heterocycles. The Morgan fingerprint density at radius 2 is 2.55 bits per heavy atom. The molecule has 0 bridgehead atoms. The highest BCUT2D eigenvalue weighted by Gasteiger charge is 1.89. The zero-order valence-electron chi connectivity index (χ0n) is 6.34. The second-order valence-electron chi connectivity index (χ2n) is 2.08. The summed E-state index contributed by atoms with van der Waals surface area (Å²) in [6.45, 7) is 0. The molecular formula is C8H9BrN2. The Labute approximate surface area is 74.7 Å². The van der Waals surface area contributed by atoms with E-state index in [2.05, 4.69) is 32.9 Å². The molecule has 3 heteroatoms. The minimum Gasteiger partial charge on any atom is -0.260 e. The van der Waals surface area contributed by atoms with Crippen molar-refractivity contribution in [2.24, 2.45) is 7.05 Å². The van der Waals surface area contributed by atoms with Gasteiger partial charge in [-0.15, -0.1) is 0 Å². The minimum absolute atomic E-state index is 0.880. The van der Waals surface area contributed by atoms with Gasteiger partial charge in [0.05, 0.1) is 6.20 Å². The van der Waals surface area contributed by atoms with Gasteiger partial charge < -0.3 is 0 Å². The van der Waals surface area contributed by atoms with Gasteiger partial charge in [0.15, 0.2) is 0 Å². The van der Waals surface area contributed by atoms with Gasteiger partial charge in [0.2, 0.25) is 0 Å². The lowest BCUT2D eigenvalue weighted by Gasteiger charge is -1.88. The maximum Gasteiger partial charge on any atom is 0.110 e. The first-order valence-electron chi connectivity index (χ1n) is 3.37. The van der Waals surface area contributed by atoms with Crippen molar-refractivity contribution < 1.29 is 0 Å². The number of rotatable bonds is 1. The fraction of sp³-hybridized carbons (Fsp3) is 0.375. The summed E-state index contributed by atoms with van der Waals surface area (Å²) in [5, 5.41) is 4.93. The smallest absolute Gasteiger partial charge is 0.110 e. The first kappa shape index (κ1) is 8.35. The maximum atomic E-state index is 4.00. The molecule has 1 heterocycles. The third-order valence-electron chi connectivity index (χ3n) is 1.26. The van der Waals surface area contributed by atoms with E-state index in [4.69, 9.17) is 0 Å². The van der Waals surface area contributed by atoms with Gasteiger partial charge in [-0.25, -0.2) is 0 Å². The first-order valence-corrected chi connectivity index (χ1v) is 4.49. The van der Waals surface area contributed by atoms with Gasteiger partial charge in [-0.05, 0) is 12.0 Å². The van der Waals surface area contributed by atoms with E-state index < -0.39 is 0 Å². The van der Waals surface area contributed by atoms with Crippen LogP contribution in [0.3, 0.4) is 0 Å². The molecule has 0 unspecified atom stereocenters. The molecule has 0 saturated carbocycles. The lowest BCUT2D eigenvalue weighted by atomic mass is 10.4. The van der Waals surface area contributed by atoms with Gasteiger partial charge in [0.1, 0.15) is 5.69 Å². The van der Waals surface area contributed by atoms with Gasteiger partial charge in [-0.2, -0.15) is 5.10 Å². The molecular weight excluding hydrogens is 204 g/mol. The molecule has 0 saturated heterocycles. The molecule has 0 radical (unpaired) electrons. The van der Waals surface area contributed by atoms with E-state index in [1.165, 1.54) is 0 Å². The van der Waals surface area contributed by atoms with Crippen molar-refractivity contribution >= 4 is 15.9 Å². The highest BCUT2D eigenvalue weighted by atomic mass is 79.9. The van der Waals surface area contributed by atoms with Crippen LogP contribution in [0.1, 0.15) is 12.1 Å². The molecule has 0 atom stereocenters. The Kier molecular flexibility index (Phi) is 3.18. The van der Waals surface area contributed by atoms with E-state index >= 15 is 0 Å². The molecule has 11 heavy (non-hydrogen) atoms. The molecule has 1 aromatic heterocycles. The summed E-state index contributed by atoms with van der Waals surface area (Å²) in [6.07, 6.45) is 2.63. The van der Waals surface area contributed by atoms with Crippen LogP contribution in [0.4, 0.5) is 0 Å². The Morgan fingerprint density at radius 1 is 1.73 bits per heavy atom. The summed E-state index contributed by atoms with van der Waals surface area (Å²) in [5.41, 5.74) is 0.964. The normalized spacial score (nSPS) is 8.91. The lowest BCUT2D eigenvalue weighted by molar-refractivity contribution is 0.757. The third-order valence-corrected chi connectivity index (χ3v) is 1.65. The summed E-state index contributed by atoms with van der Waals surface area (Å²) in [7, 11) is 1.89. The van der Waals surface area contributed by atoms with E-state index in [0.717, 1.165) is 17.4 Å². The number of hydrogen-bond acceptors (Lipinski definition) is 1. The van der Waals surface area contributed by atoms with Gasteiger partial charge in [-0.3, -0.25) is 4.68 Å². The maximum absolute atomic E-state index is 4.00. The SMILES string of the molecule is Cn1nccc1C#CCCBr. The second kappa shape index (κ2) is 4.20. The van der Waals surface area contributed by atoms with Gasteiger partial charge >= 0.3 is 0 Å². The average Bonchev–Trinajstić information content (AvgIpc) is 2.37. The Bertz CT molecular complexity index is 280.